The van der Waals surface area contributed by atoms with E-state index in [4.69, 9.17) is 11.6 Å². The SMILES string of the molecule is C=C(Cl)CN1CCC(=O)NC1=O. The lowest BCUT2D eigenvalue weighted by atomic mass is 10.3. The number of hydrogen-bond acceptors (Lipinski definition) is 2. The fourth-order valence-corrected chi connectivity index (χ4v) is 1.10. The van der Waals surface area contributed by atoms with Crippen LogP contribution in [0.3, 0.4) is 0 Å². The standard InChI is InChI=1S/C7H9ClN2O2/c1-5(8)4-10-3-2-6(11)9-7(10)12/h1-4H2,(H,9,11,12). The van der Waals surface area contributed by atoms with Gasteiger partial charge in [-0.2, -0.15) is 0 Å². The molecular weight excluding hydrogens is 180 g/mol. The Morgan fingerprint density at radius 1 is 1.67 bits per heavy atom. The van der Waals surface area contributed by atoms with E-state index in [1.54, 1.807) is 0 Å². The van der Waals surface area contributed by atoms with Gasteiger partial charge in [-0.3, -0.25) is 10.1 Å². The fourth-order valence-electron chi connectivity index (χ4n) is 0.957. The van der Waals surface area contributed by atoms with Crippen molar-refractivity contribution in [3.8, 4) is 0 Å². The summed E-state index contributed by atoms with van der Waals surface area (Å²) in [7, 11) is 0. The van der Waals surface area contributed by atoms with Crippen LogP contribution in [0.2, 0.25) is 0 Å². The molecule has 1 heterocycles. The first-order valence-corrected chi connectivity index (χ1v) is 3.89. The van der Waals surface area contributed by atoms with E-state index in [9.17, 15) is 9.59 Å². The molecule has 3 amide bonds. The highest BCUT2D eigenvalue weighted by Gasteiger charge is 2.22. The van der Waals surface area contributed by atoms with Crippen molar-refractivity contribution in [3.63, 3.8) is 0 Å². The maximum Gasteiger partial charge on any atom is 0.324 e. The third-order valence-corrected chi connectivity index (χ3v) is 1.62. The summed E-state index contributed by atoms with van der Waals surface area (Å²) in [5, 5.41) is 2.57. The predicted molar refractivity (Wildman–Crippen MR) is 44.7 cm³/mol. The average Bonchev–Trinajstić information content (AvgIpc) is 1.94. The summed E-state index contributed by atoms with van der Waals surface area (Å²) in [5.41, 5.74) is 0. The molecule has 0 aromatic carbocycles. The van der Waals surface area contributed by atoms with Gasteiger partial charge in [-0.25, -0.2) is 4.79 Å². The highest BCUT2D eigenvalue weighted by Crippen LogP contribution is 2.05. The number of imide groups is 1. The van der Waals surface area contributed by atoms with Gasteiger partial charge >= 0.3 is 6.03 Å². The lowest BCUT2D eigenvalue weighted by Gasteiger charge is -2.25. The summed E-state index contributed by atoms with van der Waals surface area (Å²) in [5.74, 6) is -0.239. The smallest absolute Gasteiger partial charge is 0.319 e. The summed E-state index contributed by atoms with van der Waals surface area (Å²) in [6.07, 6.45) is 0.329. The van der Waals surface area contributed by atoms with Crippen molar-refractivity contribution < 1.29 is 9.59 Å². The van der Waals surface area contributed by atoms with Crippen LogP contribution in [0.15, 0.2) is 11.6 Å². The number of carbonyl (C=O) groups excluding carboxylic acids is 2. The summed E-state index contributed by atoms with van der Waals surface area (Å²) in [6.45, 7) is 4.17. The normalized spacial score (nSPS) is 17.6. The number of carbonyl (C=O) groups is 2. The van der Waals surface area contributed by atoms with E-state index in [2.05, 4.69) is 11.9 Å². The highest BCUT2D eigenvalue weighted by molar-refractivity contribution is 6.29. The molecule has 12 heavy (non-hydrogen) atoms. The van der Waals surface area contributed by atoms with Crippen LogP contribution in [0, 0.1) is 0 Å². The summed E-state index contributed by atoms with van der Waals surface area (Å²) >= 11 is 5.51. The molecule has 0 aromatic rings. The number of urea groups is 1. The predicted octanol–water partition coefficient (Wildman–Crippen LogP) is 0.681. The van der Waals surface area contributed by atoms with Gasteiger partial charge < -0.3 is 4.90 Å². The van der Waals surface area contributed by atoms with Crippen molar-refractivity contribution in [2.45, 2.75) is 6.42 Å². The maximum absolute atomic E-state index is 11.0. The molecule has 1 aliphatic rings. The first kappa shape index (κ1) is 9.06. The molecule has 0 spiro atoms. The van der Waals surface area contributed by atoms with Gasteiger partial charge in [-0.1, -0.05) is 18.2 Å². The zero-order valence-corrected chi connectivity index (χ0v) is 7.23. The van der Waals surface area contributed by atoms with E-state index in [1.165, 1.54) is 4.90 Å². The molecule has 0 atom stereocenters. The van der Waals surface area contributed by atoms with Crippen LogP contribution in [-0.4, -0.2) is 29.9 Å². The Balaban J connectivity index is 2.51. The fraction of sp³-hybridized carbons (Fsp3) is 0.429. The molecule has 0 radical (unpaired) electrons. The molecule has 1 aliphatic heterocycles. The number of nitrogens with one attached hydrogen (secondary N) is 1. The molecule has 1 saturated heterocycles. The first-order chi connectivity index (χ1) is 5.59. The number of amides is 3. The van der Waals surface area contributed by atoms with Crippen LogP contribution in [-0.2, 0) is 4.79 Å². The van der Waals surface area contributed by atoms with Crippen LogP contribution in [0.1, 0.15) is 6.42 Å². The average molecular weight is 189 g/mol. The van der Waals surface area contributed by atoms with Crippen molar-refractivity contribution in [2.24, 2.45) is 0 Å². The third kappa shape index (κ3) is 2.23. The van der Waals surface area contributed by atoms with Crippen LogP contribution >= 0.6 is 11.6 Å². The van der Waals surface area contributed by atoms with Gasteiger partial charge in [0.15, 0.2) is 0 Å². The van der Waals surface area contributed by atoms with Gasteiger partial charge in [0.2, 0.25) is 5.91 Å². The van der Waals surface area contributed by atoms with E-state index in [1.807, 2.05) is 0 Å². The van der Waals surface area contributed by atoms with Gasteiger partial charge in [0.1, 0.15) is 0 Å². The van der Waals surface area contributed by atoms with Crippen molar-refractivity contribution in [3.05, 3.63) is 11.6 Å². The molecule has 0 saturated carbocycles. The Kier molecular flexibility index (Phi) is 2.70. The lowest BCUT2D eigenvalue weighted by Crippen LogP contribution is -2.49. The molecule has 1 rings (SSSR count). The molecule has 1 fully saturated rings. The molecule has 4 nitrogen and oxygen atoms in total. The van der Waals surface area contributed by atoms with E-state index in [-0.39, 0.29) is 5.91 Å². The topological polar surface area (TPSA) is 49.4 Å². The van der Waals surface area contributed by atoms with Crippen molar-refractivity contribution >= 4 is 23.5 Å². The summed E-state index contributed by atoms with van der Waals surface area (Å²) in [6, 6.07) is -0.395. The third-order valence-electron chi connectivity index (χ3n) is 1.50. The zero-order valence-electron chi connectivity index (χ0n) is 6.47. The molecule has 66 valence electrons. The number of hydrogen-bond donors (Lipinski definition) is 1. The van der Waals surface area contributed by atoms with Crippen molar-refractivity contribution in [1.29, 1.82) is 0 Å². The number of nitrogens with zero attached hydrogens (tertiary/aromatic N) is 1. The second-order valence-electron chi connectivity index (χ2n) is 2.54. The van der Waals surface area contributed by atoms with Gasteiger partial charge in [0.25, 0.3) is 0 Å². The van der Waals surface area contributed by atoms with Crippen LogP contribution in [0.25, 0.3) is 0 Å². The Morgan fingerprint density at radius 3 is 2.83 bits per heavy atom. The number of rotatable bonds is 2. The molecule has 0 unspecified atom stereocenters. The van der Waals surface area contributed by atoms with Crippen LogP contribution in [0.4, 0.5) is 4.79 Å². The van der Waals surface area contributed by atoms with Crippen LogP contribution < -0.4 is 5.32 Å². The van der Waals surface area contributed by atoms with Crippen molar-refractivity contribution in [1.82, 2.24) is 10.2 Å². The zero-order chi connectivity index (χ0) is 9.14. The van der Waals surface area contributed by atoms with Gasteiger partial charge in [0, 0.05) is 18.0 Å². The van der Waals surface area contributed by atoms with E-state index in [0.29, 0.717) is 24.5 Å². The molecule has 0 aromatic heterocycles. The Bertz CT molecular complexity index is 240. The molecule has 5 heteroatoms. The quantitative estimate of drug-likeness (QED) is 0.693. The highest BCUT2D eigenvalue weighted by atomic mass is 35.5. The second kappa shape index (κ2) is 3.58. The Morgan fingerprint density at radius 2 is 2.33 bits per heavy atom. The van der Waals surface area contributed by atoms with Crippen LogP contribution in [0.5, 0.6) is 0 Å². The van der Waals surface area contributed by atoms with Gasteiger partial charge in [0.05, 0.1) is 6.54 Å². The largest absolute Gasteiger partial charge is 0.324 e. The first-order valence-electron chi connectivity index (χ1n) is 3.51. The monoisotopic (exact) mass is 188 g/mol. The van der Waals surface area contributed by atoms with Gasteiger partial charge in [-0.05, 0) is 0 Å². The van der Waals surface area contributed by atoms with Crippen molar-refractivity contribution in [2.75, 3.05) is 13.1 Å². The maximum atomic E-state index is 11.0. The summed E-state index contributed by atoms with van der Waals surface area (Å²) in [4.78, 5) is 23.2. The van der Waals surface area contributed by atoms with Gasteiger partial charge in [-0.15, -0.1) is 0 Å². The molecular formula is C7H9ClN2O2. The number of halogens is 1. The molecule has 1 N–H and O–H groups in total. The van der Waals surface area contributed by atoms with E-state index in [0.717, 1.165) is 0 Å². The second-order valence-corrected chi connectivity index (χ2v) is 3.08. The molecule has 0 bridgehead atoms. The van der Waals surface area contributed by atoms with E-state index < -0.39 is 6.03 Å². The Labute approximate surface area is 75.2 Å². The minimum absolute atomic E-state index is 0.239. The molecule has 0 aliphatic carbocycles. The Hall–Kier alpha value is -1.03. The lowest BCUT2D eigenvalue weighted by molar-refractivity contribution is -0.121. The summed E-state index contributed by atoms with van der Waals surface area (Å²) < 4.78 is 0. The minimum atomic E-state index is -0.395. The van der Waals surface area contributed by atoms with E-state index >= 15 is 0 Å². The minimum Gasteiger partial charge on any atom is -0.319 e.